The predicted octanol–water partition coefficient (Wildman–Crippen LogP) is 2.51. The highest BCUT2D eigenvalue weighted by molar-refractivity contribution is 5.45. The molecule has 114 valence electrons. The Bertz CT molecular complexity index is 639. The molecule has 0 radical (unpaired) electrons. The monoisotopic (exact) mass is 295 g/mol. The van der Waals surface area contributed by atoms with Crippen LogP contribution in [0.1, 0.15) is 17.5 Å². The molecule has 2 unspecified atom stereocenters. The highest BCUT2D eigenvalue weighted by Crippen LogP contribution is 2.65. The highest BCUT2D eigenvalue weighted by atomic mass is 16.5. The van der Waals surface area contributed by atoms with E-state index in [1.165, 1.54) is 5.56 Å². The van der Waals surface area contributed by atoms with Gasteiger partial charge >= 0.3 is 0 Å². The minimum atomic E-state index is -0.813. The standard InChI is InChI=1S/C19H21NO2/c21-19(17-9-5-2-6-10-17)15-18(19,16-7-3-1-4-8-16)20-11-13-22-14-12-20/h1-10,21H,11-15H2. The third-order valence-corrected chi connectivity index (χ3v) is 5.12. The van der Waals surface area contributed by atoms with Crippen LogP contribution in [0.4, 0.5) is 0 Å². The van der Waals surface area contributed by atoms with Crippen LogP contribution in [-0.2, 0) is 15.9 Å². The molecule has 2 fully saturated rings. The Labute approximate surface area is 131 Å². The lowest BCUT2D eigenvalue weighted by Gasteiger charge is -2.38. The fourth-order valence-corrected chi connectivity index (χ4v) is 3.94. The van der Waals surface area contributed by atoms with Gasteiger partial charge < -0.3 is 9.84 Å². The van der Waals surface area contributed by atoms with E-state index in [0.717, 1.165) is 38.3 Å². The second-order valence-electron chi connectivity index (χ2n) is 6.23. The third-order valence-electron chi connectivity index (χ3n) is 5.12. The summed E-state index contributed by atoms with van der Waals surface area (Å²) >= 11 is 0. The number of hydrogen-bond acceptors (Lipinski definition) is 3. The molecule has 0 aromatic heterocycles. The van der Waals surface area contributed by atoms with E-state index in [4.69, 9.17) is 4.74 Å². The summed E-state index contributed by atoms with van der Waals surface area (Å²) in [5, 5.41) is 11.4. The van der Waals surface area contributed by atoms with Gasteiger partial charge in [-0.2, -0.15) is 0 Å². The molecular weight excluding hydrogens is 274 g/mol. The van der Waals surface area contributed by atoms with Crippen molar-refractivity contribution >= 4 is 0 Å². The first-order valence-corrected chi connectivity index (χ1v) is 7.94. The molecule has 1 saturated carbocycles. The van der Waals surface area contributed by atoms with Crippen LogP contribution in [0.5, 0.6) is 0 Å². The molecule has 2 atom stereocenters. The zero-order valence-corrected chi connectivity index (χ0v) is 12.6. The van der Waals surface area contributed by atoms with Crippen LogP contribution >= 0.6 is 0 Å². The Morgan fingerprint density at radius 2 is 1.36 bits per heavy atom. The summed E-state index contributed by atoms with van der Waals surface area (Å²) in [6.45, 7) is 3.20. The molecular formula is C19H21NO2. The van der Waals surface area contributed by atoms with Crippen molar-refractivity contribution in [3.8, 4) is 0 Å². The van der Waals surface area contributed by atoms with Crippen molar-refractivity contribution in [3.63, 3.8) is 0 Å². The molecule has 1 aliphatic carbocycles. The molecule has 3 heteroatoms. The van der Waals surface area contributed by atoms with Gasteiger partial charge in [-0.3, -0.25) is 4.90 Å². The lowest BCUT2D eigenvalue weighted by atomic mass is 9.94. The summed E-state index contributed by atoms with van der Waals surface area (Å²) in [4.78, 5) is 2.40. The van der Waals surface area contributed by atoms with Gasteiger partial charge in [0.25, 0.3) is 0 Å². The van der Waals surface area contributed by atoms with E-state index in [-0.39, 0.29) is 5.54 Å². The van der Waals surface area contributed by atoms with E-state index in [2.05, 4.69) is 29.2 Å². The van der Waals surface area contributed by atoms with Crippen LogP contribution in [0, 0.1) is 0 Å². The molecule has 2 aliphatic rings. The number of nitrogens with zero attached hydrogens (tertiary/aromatic N) is 1. The van der Waals surface area contributed by atoms with Crippen LogP contribution in [-0.4, -0.2) is 36.3 Å². The summed E-state index contributed by atoms with van der Waals surface area (Å²) in [5.74, 6) is 0. The van der Waals surface area contributed by atoms with Crippen LogP contribution in [0.2, 0.25) is 0 Å². The normalized spacial score (nSPS) is 31.9. The fraction of sp³-hybridized carbons (Fsp3) is 0.368. The summed E-state index contributed by atoms with van der Waals surface area (Å²) < 4.78 is 5.51. The van der Waals surface area contributed by atoms with Crippen LogP contribution in [0.25, 0.3) is 0 Å². The molecule has 1 heterocycles. The molecule has 22 heavy (non-hydrogen) atoms. The van der Waals surface area contributed by atoms with Crippen molar-refractivity contribution in [2.24, 2.45) is 0 Å². The Morgan fingerprint density at radius 3 is 1.95 bits per heavy atom. The van der Waals surface area contributed by atoms with Crippen molar-refractivity contribution in [1.82, 2.24) is 4.90 Å². The second-order valence-corrected chi connectivity index (χ2v) is 6.23. The van der Waals surface area contributed by atoms with Gasteiger partial charge in [-0.1, -0.05) is 60.7 Å². The van der Waals surface area contributed by atoms with E-state index in [9.17, 15) is 5.11 Å². The Morgan fingerprint density at radius 1 is 0.818 bits per heavy atom. The zero-order chi connectivity index (χ0) is 15.0. The summed E-state index contributed by atoms with van der Waals surface area (Å²) in [5.41, 5.74) is 1.07. The van der Waals surface area contributed by atoms with Crippen molar-refractivity contribution in [1.29, 1.82) is 0 Å². The number of ether oxygens (including phenoxy) is 1. The Kier molecular flexibility index (Phi) is 3.30. The lowest BCUT2D eigenvalue weighted by molar-refractivity contribution is -0.0255. The summed E-state index contributed by atoms with van der Waals surface area (Å²) in [7, 11) is 0. The van der Waals surface area contributed by atoms with Crippen molar-refractivity contribution in [2.45, 2.75) is 17.6 Å². The molecule has 2 aromatic rings. The molecule has 1 aliphatic heterocycles. The minimum absolute atomic E-state index is 0.320. The van der Waals surface area contributed by atoms with Gasteiger partial charge in [0.15, 0.2) is 0 Å². The maximum absolute atomic E-state index is 11.4. The van der Waals surface area contributed by atoms with Gasteiger partial charge in [0.05, 0.1) is 18.8 Å². The molecule has 2 aromatic carbocycles. The number of hydrogen-bond donors (Lipinski definition) is 1. The van der Waals surface area contributed by atoms with Gasteiger partial charge in [0.1, 0.15) is 5.60 Å². The van der Waals surface area contributed by atoms with Crippen molar-refractivity contribution < 1.29 is 9.84 Å². The van der Waals surface area contributed by atoms with Crippen LogP contribution in [0.15, 0.2) is 60.7 Å². The largest absolute Gasteiger partial charge is 0.383 e. The van der Waals surface area contributed by atoms with E-state index >= 15 is 0 Å². The molecule has 0 spiro atoms. The van der Waals surface area contributed by atoms with Crippen molar-refractivity contribution in [2.75, 3.05) is 26.3 Å². The average Bonchev–Trinajstić information content (AvgIpc) is 3.26. The van der Waals surface area contributed by atoms with E-state index < -0.39 is 5.60 Å². The summed E-state index contributed by atoms with van der Waals surface area (Å²) in [6.07, 6.45) is 0.744. The van der Waals surface area contributed by atoms with E-state index in [0.29, 0.717) is 0 Å². The second kappa shape index (κ2) is 5.20. The SMILES string of the molecule is OC1(c2ccccc2)CC1(c1ccccc1)N1CCOCC1. The van der Waals surface area contributed by atoms with Gasteiger partial charge in [0, 0.05) is 19.5 Å². The first-order valence-electron chi connectivity index (χ1n) is 7.94. The van der Waals surface area contributed by atoms with E-state index in [1.54, 1.807) is 0 Å². The predicted molar refractivity (Wildman–Crippen MR) is 85.5 cm³/mol. The van der Waals surface area contributed by atoms with Gasteiger partial charge in [0.2, 0.25) is 0 Å². The molecule has 1 N–H and O–H groups in total. The molecule has 3 nitrogen and oxygen atoms in total. The molecule has 0 amide bonds. The third kappa shape index (κ3) is 1.93. The number of rotatable bonds is 3. The number of aliphatic hydroxyl groups is 1. The average molecular weight is 295 g/mol. The summed E-state index contributed by atoms with van der Waals surface area (Å²) in [6, 6.07) is 20.5. The lowest BCUT2D eigenvalue weighted by Crippen LogP contribution is -2.47. The first kappa shape index (κ1) is 13.9. The van der Waals surface area contributed by atoms with Crippen LogP contribution < -0.4 is 0 Å². The maximum atomic E-state index is 11.4. The fourth-order valence-electron chi connectivity index (χ4n) is 3.94. The maximum Gasteiger partial charge on any atom is 0.114 e. The Hall–Kier alpha value is -1.68. The quantitative estimate of drug-likeness (QED) is 0.944. The smallest absolute Gasteiger partial charge is 0.114 e. The van der Waals surface area contributed by atoms with E-state index in [1.807, 2.05) is 36.4 Å². The highest BCUT2D eigenvalue weighted by Gasteiger charge is 2.71. The van der Waals surface area contributed by atoms with Gasteiger partial charge in [-0.25, -0.2) is 0 Å². The molecule has 0 bridgehead atoms. The van der Waals surface area contributed by atoms with Crippen molar-refractivity contribution in [3.05, 3.63) is 71.8 Å². The molecule has 4 rings (SSSR count). The number of morpholine rings is 1. The van der Waals surface area contributed by atoms with Crippen LogP contribution in [0.3, 0.4) is 0 Å². The minimum Gasteiger partial charge on any atom is -0.383 e. The molecule has 1 saturated heterocycles. The van der Waals surface area contributed by atoms with Gasteiger partial charge in [-0.05, 0) is 11.1 Å². The topological polar surface area (TPSA) is 32.7 Å². The van der Waals surface area contributed by atoms with Gasteiger partial charge in [-0.15, -0.1) is 0 Å². The number of benzene rings is 2. The Balaban J connectivity index is 1.79. The first-order chi connectivity index (χ1) is 10.8. The zero-order valence-electron chi connectivity index (χ0n) is 12.6.